The van der Waals surface area contributed by atoms with Crippen LogP contribution < -0.4 is 5.32 Å². The number of halogens is 4. The Morgan fingerprint density at radius 3 is 2.61 bits per heavy atom. The predicted octanol–water partition coefficient (Wildman–Crippen LogP) is 4.19. The van der Waals surface area contributed by atoms with Gasteiger partial charge in [-0.05, 0) is 17.7 Å². The molecule has 18 heavy (non-hydrogen) atoms. The molecule has 3 nitrogen and oxygen atoms in total. The summed E-state index contributed by atoms with van der Waals surface area (Å²) in [6.45, 7) is 0.418. The second-order valence-corrected chi connectivity index (χ2v) is 4.63. The largest absolute Gasteiger partial charge is 0.378 e. The van der Waals surface area contributed by atoms with Crippen LogP contribution in [-0.2, 0) is 6.54 Å². The zero-order chi connectivity index (χ0) is 13.1. The molecule has 0 bridgehead atoms. The third kappa shape index (κ3) is 3.22. The number of hydrogen-bond donors (Lipinski definition) is 1. The van der Waals surface area contributed by atoms with Gasteiger partial charge in [0, 0.05) is 12.6 Å². The number of nitrogens with one attached hydrogen (secondary N) is 1. The fraction of sp³-hybridized carbons (Fsp3) is 0.0909. The highest BCUT2D eigenvalue weighted by atomic mass is 35.5. The van der Waals surface area contributed by atoms with Crippen LogP contribution in [0.25, 0.3) is 0 Å². The van der Waals surface area contributed by atoms with Gasteiger partial charge in [-0.25, -0.2) is 4.39 Å². The topological polar surface area (TPSA) is 37.8 Å². The molecule has 2 aromatic rings. The lowest BCUT2D eigenvalue weighted by atomic mass is 10.2. The van der Waals surface area contributed by atoms with Crippen molar-refractivity contribution >= 4 is 40.5 Å². The SMILES string of the molecule is Fc1ccc(CNc2cc(Cl)nnc2Cl)cc1Cl. The van der Waals surface area contributed by atoms with Crippen LogP contribution in [0.3, 0.4) is 0 Å². The molecule has 0 unspecified atom stereocenters. The number of rotatable bonds is 3. The molecule has 1 N–H and O–H groups in total. The number of nitrogens with zero attached hydrogens (tertiary/aromatic N) is 2. The Kier molecular flexibility index (Phi) is 4.22. The van der Waals surface area contributed by atoms with Gasteiger partial charge in [0.05, 0.1) is 10.7 Å². The first-order valence-corrected chi connectivity index (χ1v) is 6.06. The molecule has 2 rings (SSSR count). The highest BCUT2D eigenvalue weighted by Gasteiger charge is 2.05. The van der Waals surface area contributed by atoms with E-state index in [9.17, 15) is 4.39 Å². The monoisotopic (exact) mass is 305 g/mol. The summed E-state index contributed by atoms with van der Waals surface area (Å²) in [4.78, 5) is 0. The molecule has 0 aliphatic carbocycles. The zero-order valence-electron chi connectivity index (χ0n) is 8.92. The average Bonchev–Trinajstić information content (AvgIpc) is 2.34. The molecule has 1 heterocycles. The van der Waals surface area contributed by atoms with E-state index >= 15 is 0 Å². The van der Waals surface area contributed by atoms with E-state index in [0.717, 1.165) is 5.56 Å². The van der Waals surface area contributed by atoms with Crippen LogP contribution in [0.4, 0.5) is 10.1 Å². The van der Waals surface area contributed by atoms with Gasteiger partial charge in [-0.15, -0.1) is 10.2 Å². The average molecular weight is 307 g/mol. The highest BCUT2D eigenvalue weighted by Crippen LogP contribution is 2.22. The molecule has 7 heteroatoms. The van der Waals surface area contributed by atoms with Crippen molar-refractivity contribution in [3.05, 3.63) is 51.0 Å². The Balaban J connectivity index is 2.11. The summed E-state index contributed by atoms with van der Waals surface area (Å²) < 4.78 is 13.0. The maximum absolute atomic E-state index is 13.0. The molecule has 0 fully saturated rings. The summed E-state index contributed by atoms with van der Waals surface area (Å²) in [6.07, 6.45) is 0. The van der Waals surface area contributed by atoms with Crippen molar-refractivity contribution in [2.24, 2.45) is 0 Å². The molecule has 0 saturated heterocycles. The molecule has 0 atom stereocenters. The minimum atomic E-state index is -0.452. The van der Waals surface area contributed by atoms with Gasteiger partial charge in [0.25, 0.3) is 0 Å². The number of hydrogen-bond acceptors (Lipinski definition) is 3. The van der Waals surface area contributed by atoms with Gasteiger partial charge >= 0.3 is 0 Å². The van der Waals surface area contributed by atoms with E-state index < -0.39 is 5.82 Å². The van der Waals surface area contributed by atoms with E-state index in [1.54, 1.807) is 12.1 Å². The summed E-state index contributed by atoms with van der Waals surface area (Å²) in [5, 5.41) is 10.8. The predicted molar refractivity (Wildman–Crippen MR) is 70.8 cm³/mol. The minimum Gasteiger partial charge on any atom is -0.378 e. The summed E-state index contributed by atoms with van der Waals surface area (Å²) in [7, 11) is 0. The number of benzene rings is 1. The van der Waals surface area contributed by atoms with Crippen LogP contribution in [0.5, 0.6) is 0 Å². The molecule has 1 aromatic carbocycles. The maximum atomic E-state index is 13.0. The zero-order valence-corrected chi connectivity index (χ0v) is 11.2. The maximum Gasteiger partial charge on any atom is 0.174 e. The minimum absolute atomic E-state index is 0.0753. The van der Waals surface area contributed by atoms with E-state index in [4.69, 9.17) is 34.8 Å². The smallest absolute Gasteiger partial charge is 0.174 e. The van der Waals surface area contributed by atoms with Gasteiger partial charge in [0.2, 0.25) is 0 Å². The van der Waals surface area contributed by atoms with Crippen molar-refractivity contribution in [3.8, 4) is 0 Å². The Bertz CT molecular complexity index is 577. The molecule has 0 spiro atoms. The molecule has 0 saturated carbocycles. The fourth-order valence-corrected chi connectivity index (χ4v) is 1.83. The summed E-state index contributed by atoms with van der Waals surface area (Å²) >= 11 is 17.2. The lowest BCUT2D eigenvalue weighted by Crippen LogP contribution is -2.02. The quantitative estimate of drug-likeness (QED) is 0.924. The van der Waals surface area contributed by atoms with Crippen LogP contribution in [0, 0.1) is 5.82 Å². The van der Waals surface area contributed by atoms with Crippen LogP contribution in [0.15, 0.2) is 24.3 Å². The lowest BCUT2D eigenvalue weighted by molar-refractivity contribution is 0.627. The second-order valence-electron chi connectivity index (χ2n) is 3.47. The van der Waals surface area contributed by atoms with Gasteiger partial charge in [-0.3, -0.25) is 0 Å². The second kappa shape index (κ2) is 5.69. The Hall–Kier alpha value is -1.10. The van der Waals surface area contributed by atoms with Crippen molar-refractivity contribution in [1.29, 1.82) is 0 Å². The third-order valence-corrected chi connectivity index (χ3v) is 2.94. The van der Waals surface area contributed by atoms with E-state index in [1.165, 1.54) is 12.1 Å². The standard InChI is InChI=1S/C11H7Cl3FN3/c12-7-3-6(1-2-8(7)15)5-16-9-4-10(13)17-18-11(9)14/h1-4H,5H2,(H,16,17). The van der Waals surface area contributed by atoms with Crippen molar-refractivity contribution in [2.45, 2.75) is 6.54 Å². The third-order valence-electron chi connectivity index (χ3n) is 2.19. The normalized spacial score (nSPS) is 10.4. The molecule has 0 radical (unpaired) electrons. The lowest BCUT2D eigenvalue weighted by Gasteiger charge is -2.08. The van der Waals surface area contributed by atoms with Gasteiger partial charge in [-0.1, -0.05) is 40.9 Å². The van der Waals surface area contributed by atoms with Crippen LogP contribution in [0.2, 0.25) is 15.3 Å². The van der Waals surface area contributed by atoms with E-state index in [2.05, 4.69) is 15.5 Å². The summed E-state index contributed by atoms with van der Waals surface area (Å²) in [6, 6.07) is 6.02. The van der Waals surface area contributed by atoms with Gasteiger partial charge < -0.3 is 5.32 Å². The number of anilines is 1. The molecule has 0 aliphatic rings. The molecule has 0 aliphatic heterocycles. The van der Waals surface area contributed by atoms with Gasteiger partial charge in [-0.2, -0.15) is 0 Å². The first-order chi connectivity index (χ1) is 8.56. The molecule has 94 valence electrons. The Morgan fingerprint density at radius 1 is 1.11 bits per heavy atom. The van der Waals surface area contributed by atoms with Crippen molar-refractivity contribution in [3.63, 3.8) is 0 Å². The molecular weight excluding hydrogens is 299 g/mol. The summed E-state index contributed by atoms with van der Waals surface area (Å²) in [5.41, 5.74) is 1.36. The first-order valence-electron chi connectivity index (χ1n) is 4.93. The molecule has 0 amide bonds. The van der Waals surface area contributed by atoms with Crippen LogP contribution >= 0.6 is 34.8 Å². The van der Waals surface area contributed by atoms with Crippen molar-refractivity contribution in [1.82, 2.24) is 10.2 Å². The van der Waals surface area contributed by atoms with E-state index in [0.29, 0.717) is 12.2 Å². The van der Waals surface area contributed by atoms with Crippen LogP contribution in [0.1, 0.15) is 5.56 Å². The Morgan fingerprint density at radius 2 is 1.89 bits per heavy atom. The van der Waals surface area contributed by atoms with Gasteiger partial charge in [0.1, 0.15) is 5.82 Å². The van der Waals surface area contributed by atoms with Crippen molar-refractivity contribution in [2.75, 3.05) is 5.32 Å². The Labute approximate surface area is 118 Å². The molecule has 1 aromatic heterocycles. The first kappa shape index (κ1) is 13.3. The van der Waals surface area contributed by atoms with E-state index in [1.807, 2.05) is 0 Å². The number of aromatic nitrogens is 2. The van der Waals surface area contributed by atoms with Crippen molar-refractivity contribution < 1.29 is 4.39 Å². The summed E-state index contributed by atoms with van der Waals surface area (Å²) in [5.74, 6) is -0.452. The van der Waals surface area contributed by atoms with Crippen LogP contribution in [-0.4, -0.2) is 10.2 Å². The van der Waals surface area contributed by atoms with E-state index in [-0.39, 0.29) is 15.3 Å². The van der Waals surface area contributed by atoms with Gasteiger partial charge in [0.15, 0.2) is 10.3 Å². The highest BCUT2D eigenvalue weighted by molar-refractivity contribution is 6.33. The fourth-order valence-electron chi connectivity index (χ4n) is 1.32. The molecular formula is C11H7Cl3FN3.